The van der Waals surface area contributed by atoms with Gasteiger partial charge in [-0.3, -0.25) is 4.79 Å². The molecule has 1 aromatic rings. The molecule has 0 spiro atoms. The molecule has 1 saturated heterocycles. The number of carbonyl (C=O) groups excluding carboxylic acids is 1. The Balaban J connectivity index is 2.12. The number of ether oxygens (including phenoxy) is 1. The molecule has 1 amide bonds. The van der Waals surface area contributed by atoms with E-state index in [4.69, 9.17) is 9.94 Å². The van der Waals surface area contributed by atoms with Gasteiger partial charge in [-0.05, 0) is 12.0 Å². The summed E-state index contributed by atoms with van der Waals surface area (Å²) in [5.41, 5.74) is 1.65. The van der Waals surface area contributed by atoms with Crippen molar-refractivity contribution in [2.24, 2.45) is 11.1 Å². The molecule has 2 atom stereocenters. The zero-order valence-corrected chi connectivity index (χ0v) is 12.5. The maximum absolute atomic E-state index is 12.7. The van der Waals surface area contributed by atoms with Gasteiger partial charge in [0, 0.05) is 32.5 Å². The minimum atomic E-state index is -0.573. The molecule has 5 nitrogen and oxygen atoms in total. The van der Waals surface area contributed by atoms with Gasteiger partial charge in [-0.2, -0.15) is 0 Å². The summed E-state index contributed by atoms with van der Waals surface area (Å²) in [6.45, 7) is 3.19. The summed E-state index contributed by atoms with van der Waals surface area (Å²) in [5.74, 6) is 0.0973. The highest BCUT2D eigenvalue weighted by atomic mass is 16.5. The Morgan fingerprint density at radius 1 is 1.48 bits per heavy atom. The zero-order chi connectivity index (χ0) is 15.2. The van der Waals surface area contributed by atoms with E-state index in [1.807, 2.05) is 42.2 Å². The van der Waals surface area contributed by atoms with Gasteiger partial charge >= 0.3 is 0 Å². The molecule has 1 N–H and O–H groups in total. The van der Waals surface area contributed by atoms with Crippen LogP contribution in [0.4, 0.5) is 0 Å². The largest absolute Gasteiger partial charge is 0.411 e. The molecule has 2 rings (SSSR count). The Labute approximate surface area is 125 Å². The van der Waals surface area contributed by atoms with Crippen molar-refractivity contribution >= 4 is 11.6 Å². The first-order chi connectivity index (χ1) is 10.2. The third-order valence-electron chi connectivity index (χ3n) is 4.05. The minimum Gasteiger partial charge on any atom is -0.411 e. The molecule has 21 heavy (non-hydrogen) atoms. The van der Waals surface area contributed by atoms with Crippen LogP contribution in [0.15, 0.2) is 35.5 Å². The van der Waals surface area contributed by atoms with Crippen LogP contribution in [0.25, 0.3) is 0 Å². The number of hydrogen-bond acceptors (Lipinski definition) is 4. The van der Waals surface area contributed by atoms with Crippen LogP contribution in [0, 0.1) is 5.92 Å². The Bertz CT molecular complexity index is 502. The van der Waals surface area contributed by atoms with Crippen LogP contribution in [-0.2, 0) is 9.53 Å². The van der Waals surface area contributed by atoms with E-state index in [1.165, 1.54) is 0 Å². The lowest BCUT2D eigenvalue weighted by Crippen LogP contribution is -2.46. The van der Waals surface area contributed by atoms with Crippen LogP contribution in [-0.4, -0.2) is 41.9 Å². The molecule has 5 heteroatoms. The second-order valence-electron chi connectivity index (χ2n) is 5.26. The van der Waals surface area contributed by atoms with Gasteiger partial charge in [-0.25, -0.2) is 0 Å². The first-order valence-electron chi connectivity index (χ1n) is 7.28. The summed E-state index contributed by atoms with van der Waals surface area (Å²) >= 11 is 0. The summed E-state index contributed by atoms with van der Waals surface area (Å²) in [6.07, 6.45) is 0.898. The molecular formula is C16H22N2O3. The van der Waals surface area contributed by atoms with Crippen molar-refractivity contribution in [2.45, 2.75) is 25.9 Å². The first-order valence-corrected chi connectivity index (χ1v) is 7.28. The van der Waals surface area contributed by atoms with Gasteiger partial charge in [0.05, 0.1) is 5.71 Å². The van der Waals surface area contributed by atoms with Crippen molar-refractivity contribution in [3.63, 3.8) is 0 Å². The standard InChI is InChI=1S/C16H22N2O3/c1-3-12-11-18(10-9-14(12)17-20)16(19)15(21-2)13-7-5-4-6-8-13/h4-8,12,15,20H,3,9-11H2,1-2H3/b17-14+. The summed E-state index contributed by atoms with van der Waals surface area (Å²) < 4.78 is 5.40. The predicted molar refractivity (Wildman–Crippen MR) is 80.4 cm³/mol. The van der Waals surface area contributed by atoms with Gasteiger partial charge in [-0.15, -0.1) is 0 Å². The van der Waals surface area contributed by atoms with Gasteiger partial charge in [0.2, 0.25) is 0 Å². The third kappa shape index (κ3) is 3.42. The van der Waals surface area contributed by atoms with Crippen LogP contribution >= 0.6 is 0 Å². The van der Waals surface area contributed by atoms with Crippen LogP contribution in [0.5, 0.6) is 0 Å². The molecular weight excluding hydrogens is 268 g/mol. The van der Waals surface area contributed by atoms with E-state index >= 15 is 0 Å². The normalized spacial score (nSPS) is 22.3. The van der Waals surface area contributed by atoms with Crippen molar-refractivity contribution in [3.05, 3.63) is 35.9 Å². The molecule has 0 radical (unpaired) electrons. The van der Waals surface area contributed by atoms with Crippen molar-refractivity contribution in [3.8, 4) is 0 Å². The van der Waals surface area contributed by atoms with Crippen LogP contribution in [0.3, 0.4) is 0 Å². The second kappa shape index (κ2) is 7.22. The van der Waals surface area contributed by atoms with Crippen LogP contribution in [0.2, 0.25) is 0 Å². The summed E-state index contributed by atoms with van der Waals surface area (Å²) in [5, 5.41) is 12.4. The SMILES string of the molecule is CCC1CN(C(=O)C(OC)c2ccccc2)CC/C1=N\O. The maximum atomic E-state index is 12.7. The number of piperidine rings is 1. The number of carbonyl (C=O) groups is 1. The summed E-state index contributed by atoms with van der Waals surface area (Å²) in [7, 11) is 1.55. The second-order valence-corrected chi connectivity index (χ2v) is 5.26. The molecule has 1 aliphatic rings. The molecule has 1 aromatic carbocycles. The highest BCUT2D eigenvalue weighted by Gasteiger charge is 2.32. The van der Waals surface area contributed by atoms with Crippen molar-refractivity contribution < 1.29 is 14.7 Å². The van der Waals surface area contributed by atoms with Crippen LogP contribution < -0.4 is 0 Å². The molecule has 114 valence electrons. The number of methoxy groups -OCH3 is 1. The van der Waals surface area contributed by atoms with E-state index in [0.29, 0.717) is 19.5 Å². The quantitative estimate of drug-likeness (QED) is 0.684. The zero-order valence-electron chi connectivity index (χ0n) is 12.5. The molecule has 1 aliphatic heterocycles. The Morgan fingerprint density at radius 2 is 2.19 bits per heavy atom. The highest BCUT2D eigenvalue weighted by Crippen LogP contribution is 2.24. The Kier molecular flexibility index (Phi) is 5.33. The van der Waals surface area contributed by atoms with E-state index in [0.717, 1.165) is 17.7 Å². The number of rotatable bonds is 4. The van der Waals surface area contributed by atoms with Gasteiger partial charge in [0.1, 0.15) is 0 Å². The molecule has 2 unspecified atom stereocenters. The average molecular weight is 290 g/mol. The topological polar surface area (TPSA) is 62.1 Å². The fourth-order valence-electron chi connectivity index (χ4n) is 2.79. The lowest BCUT2D eigenvalue weighted by molar-refractivity contribution is -0.143. The predicted octanol–water partition coefficient (Wildman–Crippen LogP) is 2.46. The molecule has 1 heterocycles. The number of nitrogens with zero attached hydrogens (tertiary/aromatic N) is 2. The molecule has 0 aliphatic carbocycles. The van der Waals surface area contributed by atoms with E-state index in [-0.39, 0.29) is 11.8 Å². The third-order valence-corrected chi connectivity index (χ3v) is 4.05. The lowest BCUT2D eigenvalue weighted by Gasteiger charge is -2.34. The number of amides is 1. The summed E-state index contributed by atoms with van der Waals surface area (Å²) in [6, 6.07) is 9.51. The van der Waals surface area contributed by atoms with Gasteiger partial charge in [0.15, 0.2) is 6.10 Å². The minimum absolute atomic E-state index is 0.0286. The fourth-order valence-corrected chi connectivity index (χ4v) is 2.79. The van der Waals surface area contributed by atoms with E-state index in [1.54, 1.807) is 7.11 Å². The lowest BCUT2D eigenvalue weighted by atomic mass is 9.92. The smallest absolute Gasteiger partial charge is 0.256 e. The average Bonchev–Trinajstić information content (AvgIpc) is 2.55. The fraction of sp³-hybridized carbons (Fsp3) is 0.500. The number of benzene rings is 1. The number of hydrogen-bond donors (Lipinski definition) is 1. The van der Waals surface area contributed by atoms with Gasteiger partial charge < -0.3 is 14.8 Å². The number of likely N-dealkylation sites (tertiary alicyclic amines) is 1. The molecule has 0 bridgehead atoms. The monoisotopic (exact) mass is 290 g/mol. The molecule has 0 aromatic heterocycles. The number of oxime groups is 1. The van der Waals surface area contributed by atoms with Gasteiger partial charge in [-0.1, -0.05) is 42.4 Å². The maximum Gasteiger partial charge on any atom is 0.256 e. The van der Waals surface area contributed by atoms with Crippen LogP contribution in [0.1, 0.15) is 31.4 Å². The Hall–Kier alpha value is -1.88. The van der Waals surface area contributed by atoms with Crippen molar-refractivity contribution in [1.29, 1.82) is 0 Å². The van der Waals surface area contributed by atoms with E-state index in [9.17, 15) is 4.79 Å². The van der Waals surface area contributed by atoms with E-state index in [2.05, 4.69) is 5.16 Å². The first kappa shape index (κ1) is 15.5. The molecule has 1 fully saturated rings. The van der Waals surface area contributed by atoms with E-state index < -0.39 is 6.10 Å². The van der Waals surface area contributed by atoms with Crippen molar-refractivity contribution in [1.82, 2.24) is 4.90 Å². The summed E-state index contributed by atoms with van der Waals surface area (Å²) in [4.78, 5) is 14.5. The van der Waals surface area contributed by atoms with Crippen molar-refractivity contribution in [2.75, 3.05) is 20.2 Å². The highest BCUT2D eigenvalue weighted by molar-refractivity contribution is 5.90. The van der Waals surface area contributed by atoms with Gasteiger partial charge in [0.25, 0.3) is 5.91 Å². The molecule has 0 saturated carbocycles. The Morgan fingerprint density at radius 3 is 2.76 bits per heavy atom.